The minimum absolute atomic E-state index is 0.341. The Kier molecular flexibility index (Phi) is 6.77. The lowest BCUT2D eigenvalue weighted by atomic mass is 10.1. The molecule has 2 rings (SSSR count). The number of carbonyl (C=O) groups excluding carboxylic acids is 3. The van der Waals surface area contributed by atoms with E-state index in [1.807, 2.05) is 0 Å². The van der Waals surface area contributed by atoms with Crippen LogP contribution in [0.15, 0.2) is 0 Å². The molecule has 0 aliphatic carbocycles. The SMILES string of the molecule is C[C@H](NC(=O)[C@@H]1CCCN1C(=O)[C@@H](N)[C@@H](C)O)C(=O)N1CCC[C@H]1C(=O)O. The summed E-state index contributed by atoms with van der Waals surface area (Å²) in [4.78, 5) is 51.4. The molecule has 0 bridgehead atoms. The number of nitrogens with one attached hydrogen (secondary N) is 1. The van der Waals surface area contributed by atoms with Crippen molar-refractivity contribution >= 4 is 23.7 Å². The number of carboxylic acids is 1. The summed E-state index contributed by atoms with van der Waals surface area (Å²) in [6.07, 6.45) is 1.01. The summed E-state index contributed by atoms with van der Waals surface area (Å²) >= 11 is 0. The zero-order chi connectivity index (χ0) is 20.3. The normalized spacial score (nSPS) is 25.8. The number of hydrogen-bond donors (Lipinski definition) is 4. The number of carboxylic acid groups (broad SMARTS) is 1. The number of nitrogens with two attached hydrogens (primary N) is 1. The molecule has 3 amide bonds. The van der Waals surface area contributed by atoms with Gasteiger partial charge < -0.3 is 31.1 Å². The fraction of sp³-hybridized carbons (Fsp3) is 0.765. The van der Waals surface area contributed by atoms with E-state index >= 15 is 0 Å². The molecule has 5 N–H and O–H groups in total. The van der Waals surface area contributed by atoms with Gasteiger partial charge in [0.1, 0.15) is 24.2 Å². The number of carbonyl (C=O) groups is 4. The molecule has 152 valence electrons. The molecule has 0 aromatic rings. The summed E-state index contributed by atoms with van der Waals surface area (Å²) in [5.41, 5.74) is 5.69. The van der Waals surface area contributed by atoms with Gasteiger partial charge in [-0.1, -0.05) is 0 Å². The smallest absolute Gasteiger partial charge is 0.326 e. The molecule has 0 saturated carbocycles. The third-order valence-corrected chi connectivity index (χ3v) is 5.19. The van der Waals surface area contributed by atoms with Crippen LogP contribution in [0, 0.1) is 0 Å². The van der Waals surface area contributed by atoms with E-state index in [4.69, 9.17) is 5.73 Å². The predicted molar refractivity (Wildman–Crippen MR) is 94.4 cm³/mol. The molecule has 2 heterocycles. The molecule has 0 radical (unpaired) electrons. The number of nitrogens with zero attached hydrogens (tertiary/aromatic N) is 2. The fourth-order valence-electron chi connectivity index (χ4n) is 3.61. The fourth-order valence-corrected chi connectivity index (χ4v) is 3.61. The van der Waals surface area contributed by atoms with Crippen LogP contribution in [-0.2, 0) is 19.2 Å². The molecule has 2 saturated heterocycles. The molecule has 0 aromatic carbocycles. The quantitative estimate of drug-likeness (QED) is 0.424. The minimum atomic E-state index is -1.11. The van der Waals surface area contributed by atoms with Gasteiger partial charge in [0.15, 0.2) is 0 Å². The maximum absolute atomic E-state index is 12.6. The van der Waals surface area contributed by atoms with E-state index in [0.717, 1.165) is 0 Å². The van der Waals surface area contributed by atoms with Gasteiger partial charge in [-0.3, -0.25) is 14.4 Å². The maximum atomic E-state index is 12.6. The molecule has 10 nitrogen and oxygen atoms in total. The van der Waals surface area contributed by atoms with E-state index in [1.54, 1.807) is 0 Å². The number of aliphatic hydroxyl groups excluding tert-OH is 1. The van der Waals surface area contributed by atoms with Crippen molar-refractivity contribution in [2.45, 2.75) is 69.8 Å². The van der Waals surface area contributed by atoms with Crippen LogP contribution in [0.3, 0.4) is 0 Å². The topological polar surface area (TPSA) is 153 Å². The summed E-state index contributed by atoms with van der Waals surface area (Å²) in [6.45, 7) is 3.60. The van der Waals surface area contributed by atoms with Gasteiger partial charge in [-0.05, 0) is 39.5 Å². The van der Waals surface area contributed by atoms with Crippen molar-refractivity contribution in [3.8, 4) is 0 Å². The van der Waals surface area contributed by atoms with Crippen LogP contribution in [0.2, 0.25) is 0 Å². The van der Waals surface area contributed by atoms with Crippen molar-refractivity contribution in [3.05, 3.63) is 0 Å². The average Bonchev–Trinajstić information content (AvgIpc) is 3.28. The highest BCUT2D eigenvalue weighted by molar-refractivity contribution is 5.94. The van der Waals surface area contributed by atoms with Gasteiger partial charge in [-0.2, -0.15) is 0 Å². The zero-order valence-electron chi connectivity index (χ0n) is 15.6. The van der Waals surface area contributed by atoms with E-state index in [9.17, 15) is 29.4 Å². The monoisotopic (exact) mass is 384 g/mol. The largest absolute Gasteiger partial charge is 0.480 e. The van der Waals surface area contributed by atoms with Crippen molar-refractivity contribution < 1.29 is 29.4 Å². The van der Waals surface area contributed by atoms with E-state index in [-0.39, 0.29) is 0 Å². The Morgan fingerprint density at radius 2 is 1.52 bits per heavy atom. The highest BCUT2D eigenvalue weighted by atomic mass is 16.4. The van der Waals surface area contributed by atoms with Gasteiger partial charge >= 0.3 is 5.97 Å². The molecule has 0 unspecified atom stereocenters. The number of aliphatic carboxylic acids is 1. The van der Waals surface area contributed by atoms with Crippen molar-refractivity contribution in [2.75, 3.05) is 13.1 Å². The highest BCUT2D eigenvalue weighted by Gasteiger charge is 2.40. The third-order valence-electron chi connectivity index (χ3n) is 5.19. The van der Waals surface area contributed by atoms with Crippen molar-refractivity contribution in [1.29, 1.82) is 0 Å². The zero-order valence-corrected chi connectivity index (χ0v) is 15.6. The summed E-state index contributed by atoms with van der Waals surface area (Å²) in [6, 6.07) is -3.64. The van der Waals surface area contributed by atoms with Gasteiger partial charge in [-0.25, -0.2) is 4.79 Å². The summed E-state index contributed by atoms with van der Waals surface area (Å²) in [5.74, 6) is -2.50. The number of rotatable bonds is 6. The first-order valence-corrected chi connectivity index (χ1v) is 9.23. The molecule has 0 aromatic heterocycles. The van der Waals surface area contributed by atoms with Crippen LogP contribution >= 0.6 is 0 Å². The van der Waals surface area contributed by atoms with Crippen LogP contribution in [0.5, 0.6) is 0 Å². The van der Waals surface area contributed by atoms with Crippen molar-refractivity contribution in [3.63, 3.8) is 0 Å². The average molecular weight is 384 g/mol. The van der Waals surface area contributed by atoms with Crippen molar-refractivity contribution in [1.82, 2.24) is 15.1 Å². The first kappa shape index (κ1) is 21.1. The molecule has 27 heavy (non-hydrogen) atoms. The lowest BCUT2D eigenvalue weighted by molar-refractivity contribution is -0.149. The third kappa shape index (κ3) is 4.56. The second-order valence-corrected chi connectivity index (χ2v) is 7.21. The second-order valence-electron chi connectivity index (χ2n) is 7.21. The first-order valence-electron chi connectivity index (χ1n) is 9.23. The summed E-state index contributed by atoms with van der Waals surface area (Å²) in [7, 11) is 0. The van der Waals surface area contributed by atoms with E-state index < -0.39 is 54.0 Å². The molecular formula is C17H28N4O6. The van der Waals surface area contributed by atoms with Gasteiger partial charge in [0, 0.05) is 13.1 Å². The number of hydrogen-bond acceptors (Lipinski definition) is 6. The summed E-state index contributed by atoms with van der Waals surface area (Å²) in [5, 5.41) is 21.3. The lowest BCUT2D eigenvalue weighted by Crippen LogP contribution is -2.57. The van der Waals surface area contributed by atoms with Crippen LogP contribution in [0.25, 0.3) is 0 Å². The molecular weight excluding hydrogens is 356 g/mol. The molecule has 10 heteroatoms. The van der Waals surface area contributed by atoms with E-state index in [2.05, 4.69) is 5.32 Å². The molecule has 2 aliphatic rings. The Hall–Kier alpha value is -2.20. The predicted octanol–water partition coefficient (Wildman–Crippen LogP) is -1.73. The van der Waals surface area contributed by atoms with Gasteiger partial charge in [-0.15, -0.1) is 0 Å². The standard InChI is InChI=1S/C17H28N4O6/c1-9(15(24)21-8-4-6-12(21)17(26)27)19-14(23)11-5-3-7-20(11)16(25)13(18)10(2)22/h9-13,22H,3-8,18H2,1-2H3,(H,19,23)(H,26,27)/t9-,10+,11-,12-,13-/m0/s1. The first-order chi connectivity index (χ1) is 12.6. The Morgan fingerprint density at radius 3 is 2.04 bits per heavy atom. The Bertz CT molecular complexity index is 610. The molecule has 5 atom stereocenters. The number of aliphatic hydroxyl groups is 1. The minimum Gasteiger partial charge on any atom is -0.480 e. The molecule has 0 spiro atoms. The van der Waals surface area contributed by atoms with Gasteiger partial charge in [0.25, 0.3) is 0 Å². The number of amides is 3. The van der Waals surface area contributed by atoms with Crippen LogP contribution in [0.1, 0.15) is 39.5 Å². The highest BCUT2D eigenvalue weighted by Crippen LogP contribution is 2.21. The van der Waals surface area contributed by atoms with Gasteiger partial charge in [0.05, 0.1) is 6.10 Å². The van der Waals surface area contributed by atoms with Gasteiger partial charge in [0.2, 0.25) is 17.7 Å². The van der Waals surface area contributed by atoms with Crippen LogP contribution < -0.4 is 11.1 Å². The maximum Gasteiger partial charge on any atom is 0.326 e. The van der Waals surface area contributed by atoms with E-state index in [1.165, 1.54) is 23.6 Å². The Morgan fingerprint density at radius 1 is 1.00 bits per heavy atom. The van der Waals surface area contributed by atoms with Crippen LogP contribution in [0.4, 0.5) is 0 Å². The van der Waals surface area contributed by atoms with E-state index in [0.29, 0.717) is 38.8 Å². The Labute approximate surface area is 157 Å². The lowest BCUT2D eigenvalue weighted by Gasteiger charge is -2.29. The van der Waals surface area contributed by atoms with Crippen LogP contribution in [-0.4, -0.2) is 87.1 Å². The molecule has 2 fully saturated rings. The van der Waals surface area contributed by atoms with Crippen molar-refractivity contribution in [2.24, 2.45) is 5.73 Å². The molecule has 2 aliphatic heterocycles. The second kappa shape index (κ2) is 8.66. The Balaban J connectivity index is 1.99. The summed E-state index contributed by atoms with van der Waals surface area (Å²) < 4.78 is 0. The number of likely N-dealkylation sites (tertiary alicyclic amines) is 2.